The van der Waals surface area contributed by atoms with Gasteiger partial charge in [-0.25, -0.2) is 0 Å². The van der Waals surface area contributed by atoms with Crippen LogP contribution < -0.4 is 5.73 Å². The van der Waals surface area contributed by atoms with Crippen LogP contribution in [0.25, 0.3) is 0 Å². The molecule has 0 saturated heterocycles. The highest BCUT2D eigenvalue weighted by Gasteiger charge is 2.11. The SMILES string of the molecule is CN(Cc1ccoc1)Cc1cc([N+](=O)[O-])ccc1N. The first-order valence-electron chi connectivity index (χ1n) is 5.78. The summed E-state index contributed by atoms with van der Waals surface area (Å²) in [6, 6.07) is 6.38. The number of nitro groups is 1. The number of hydrogen-bond acceptors (Lipinski definition) is 5. The van der Waals surface area contributed by atoms with Crippen molar-refractivity contribution in [3.8, 4) is 0 Å². The number of rotatable bonds is 5. The standard InChI is InChI=1S/C13H15N3O3/c1-15(7-10-4-5-19-9-10)8-11-6-12(16(17)18)2-3-13(11)14/h2-6,9H,7-8,14H2,1H3. The topological polar surface area (TPSA) is 85.5 Å². The Kier molecular flexibility index (Phi) is 3.82. The van der Waals surface area contributed by atoms with E-state index in [1.54, 1.807) is 18.6 Å². The molecule has 1 heterocycles. The van der Waals surface area contributed by atoms with E-state index in [1.165, 1.54) is 12.1 Å². The molecule has 1 aromatic heterocycles. The number of benzene rings is 1. The third-order valence-electron chi connectivity index (χ3n) is 2.81. The molecular weight excluding hydrogens is 246 g/mol. The Balaban J connectivity index is 2.09. The summed E-state index contributed by atoms with van der Waals surface area (Å²) in [4.78, 5) is 12.3. The number of nitrogens with zero attached hydrogens (tertiary/aromatic N) is 2. The molecule has 0 spiro atoms. The molecule has 0 aliphatic heterocycles. The number of non-ortho nitro benzene ring substituents is 1. The fraction of sp³-hybridized carbons (Fsp3) is 0.231. The van der Waals surface area contributed by atoms with Crippen LogP contribution in [0.3, 0.4) is 0 Å². The van der Waals surface area contributed by atoms with Crippen LogP contribution >= 0.6 is 0 Å². The van der Waals surface area contributed by atoms with Crippen LogP contribution in [0.1, 0.15) is 11.1 Å². The number of nitro benzene ring substituents is 1. The van der Waals surface area contributed by atoms with E-state index >= 15 is 0 Å². The van der Waals surface area contributed by atoms with Crippen LogP contribution in [0.5, 0.6) is 0 Å². The van der Waals surface area contributed by atoms with Gasteiger partial charge in [0.25, 0.3) is 5.69 Å². The Hall–Kier alpha value is -2.34. The number of anilines is 1. The molecule has 0 bridgehead atoms. The molecule has 2 rings (SSSR count). The molecule has 0 saturated carbocycles. The van der Waals surface area contributed by atoms with E-state index in [0.29, 0.717) is 18.8 Å². The van der Waals surface area contributed by atoms with Gasteiger partial charge in [-0.05, 0) is 24.7 Å². The van der Waals surface area contributed by atoms with Gasteiger partial charge in [0.1, 0.15) is 0 Å². The number of nitrogen functional groups attached to an aromatic ring is 1. The van der Waals surface area contributed by atoms with Crippen molar-refractivity contribution in [1.29, 1.82) is 0 Å². The molecular formula is C13H15N3O3. The molecule has 19 heavy (non-hydrogen) atoms. The molecule has 1 aromatic carbocycles. The Labute approximate surface area is 110 Å². The minimum atomic E-state index is -0.418. The molecule has 100 valence electrons. The van der Waals surface area contributed by atoms with Crippen molar-refractivity contribution < 1.29 is 9.34 Å². The van der Waals surface area contributed by atoms with Gasteiger partial charge in [0.05, 0.1) is 17.4 Å². The van der Waals surface area contributed by atoms with Crippen LogP contribution in [0.2, 0.25) is 0 Å². The fourth-order valence-electron chi connectivity index (χ4n) is 1.88. The lowest BCUT2D eigenvalue weighted by Crippen LogP contribution is -2.17. The monoisotopic (exact) mass is 261 g/mol. The zero-order valence-corrected chi connectivity index (χ0v) is 10.6. The Bertz CT molecular complexity index is 567. The van der Waals surface area contributed by atoms with Crippen LogP contribution in [0, 0.1) is 10.1 Å². The normalized spacial score (nSPS) is 10.8. The molecule has 0 radical (unpaired) electrons. The number of furan rings is 1. The highest BCUT2D eigenvalue weighted by Crippen LogP contribution is 2.21. The van der Waals surface area contributed by atoms with Crippen LogP contribution in [-0.2, 0) is 13.1 Å². The van der Waals surface area contributed by atoms with Crippen molar-refractivity contribution in [3.05, 3.63) is 58.0 Å². The summed E-state index contributed by atoms with van der Waals surface area (Å²) in [5.74, 6) is 0. The van der Waals surface area contributed by atoms with Crippen molar-refractivity contribution in [2.75, 3.05) is 12.8 Å². The minimum Gasteiger partial charge on any atom is -0.472 e. The van der Waals surface area contributed by atoms with E-state index in [9.17, 15) is 10.1 Å². The predicted octanol–water partition coefficient (Wildman–Crippen LogP) is 2.40. The Morgan fingerprint density at radius 3 is 2.79 bits per heavy atom. The van der Waals surface area contributed by atoms with Crippen LogP contribution in [0.15, 0.2) is 41.2 Å². The summed E-state index contributed by atoms with van der Waals surface area (Å²) in [5.41, 5.74) is 8.26. The van der Waals surface area contributed by atoms with E-state index in [4.69, 9.17) is 10.2 Å². The maximum absolute atomic E-state index is 10.7. The van der Waals surface area contributed by atoms with Gasteiger partial charge in [-0.1, -0.05) is 0 Å². The molecule has 6 nitrogen and oxygen atoms in total. The van der Waals surface area contributed by atoms with Crippen molar-refractivity contribution in [2.24, 2.45) is 0 Å². The second-order valence-corrected chi connectivity index (χ2v) is 4.44. The van der Waals surface area contributed by atoms with Crippen molar-refractivity contribution in [1.82, 2.24) is 4.90 Å². The van der Waals surface area contributed by atoms with Crippen molar-refractivity contribution in [3.63, 3.8) is 0 Å². The summed E-state index contributed by atoms with van der Waals surface area (Å²) in [7, 11) is 1.92. The summed E-state index contributed by atoms with van der Waals surface area (Å²) >= 11 is 0. The van der Waals surface area contributed by atoms with E-state index in [1.807, 2.05) is 18.0 Å². The summed E-state index contributed by atoms with van der Waals surface area (Å²) < 4.78 is 5.00. The molecule has 0 aliphatic carbocycles. The van der Waals surface area contributed by atoms with E-state index < -0.39 is 4.92 Å². The quantitative estimate of drug-likeness (QED) is 0.507. The third-order valence-corrected chi connectivity index (χ3v) is 2.81. The number of nitrogens with two attached hydrogens (primary N) is 1. The maximum Gasteiger partial charge on any atom is 0.269 e. The first kappa shape index (κ1) is 13.1. The number of hydrogen-bond donors (Lipinski definition) is 1. The fourth-order valence-corrected chi connectivity index (χ4v) is 1.88. The zero-order valence-electron chi connectivity index (χ0n) is 10.6. The zero-order chi connectivity index (χ0) is 13.8. The first-order valence-corrected chi connectivity index (χ1v) is 5.78. The average molecular weight is 261 g/mol. The lowest BCUT2D eigenvalue weighted by atomic mass is 10.1. The summed E-state index contributed by atoms with van der Waals surface area (Å²) in [6.07, 6.45) is 3.29. The van der Waals surface area contributed by atoms with Gasteiger partial charge >= 0.3 is 0 Å². The largest absolute Gasteiger partial charge is 0.472 e. The lowest BCUT2D eigenvalue weighted by Gasteiger charge is -2.16. The Morgan fingerprint density at radius 2 is 2.16 bits per heavy atom. The van der Waals surface area contributed by atoms with E-state index in [0.717, 1.165) is 11.1 Å². The molecule has 0 unspecified atom stereocenters. The highest BCUT2D eigenvalue weighted by atomic mass is 16.6. The van der Waals surface area contributed by atoms with Gasteiger partial charge in [-0.3, -0.25) is 15.0 Å². The van der Waals surface area contributed by atoms with Gasteiger partial charge in [0.15, 0.2) is 0 Å². The summed E-state index contributed by atoms with van der Waals surface area (Å²) in [5, 5.41) is 10.7. The lowest BCUT2D eigenvalue weighted by molar-refractivity contribution is -0.384. The van der Waals surface area contributed by atoms with E-state index in [-0.39, 0.29) is 5.69 Å². The van der Waals surface area contributed by atoms with Gasteiger partial charge in [-0.15, -0.1) is 0 Å². The first-order chi connectivity index (χ1) is 9.06. The van der Waals surface area contributed by atoms with Gasteiger partial charge in [0, 0.05) is 36.5 Å². The minimum absolute atomic E-state index is 0.0564. The van der Waals surface area contributed by atoms with Crippen LogP contribution in [0.4, 0.5) is 11.4 Å². The van der Waals surface area contributed by atoms with Crippen LogP contribution in [-0.4, -0.2) is 16.9 Å². The summed E-state index contributed by atoms with van der Waals surface area (Å²) in [6.45, 7) is 1.23. The second-order valence-electron chi connectivity index (χ2n) is 4.44. The smallest absolute Gasteiger partial charge is 0.269 e. The van der Waals surface area contributed by atoms with E-state index in [2.05, 4.69) is 0 Å². The Morgan fingerprint density at radius 1 is 1.37 bits per heavy atom. The molecule has 0 fully saturated rings. The molecule has 0 aliphatic rings. The molecule has 6 heteroatoms. The molecule has 0 amide bonds. The predicted molar refractivity (Wildman–Crippen MR) is 71.4 cm³/mol. The second kappa shape index (κ2) is 5.53. The van der Waals surface area contributed by atoms with Crippen molar-refractivity contribution >= 4 is 11.4 Å². The van der Waals surface area contributed by atoms with Gasteiger partial charge in [-0.2, -0.15) is 0 Å². The highest BCUT2D eigenvalue weighted by molar-refractivity contribution is 5.52. The average Bonchev–Trinajstić information content (AvgIpc) is 2.84. The van der Waals surface area contributed by atoms with Gasteiger partial charge < -0.3 is 10.2 Å². The maximum atomic E-state index is 10.7. The third kappa shape index (κ3) is 3.32. The molecule has 2 aromatic rings. The van der Waals surface area contributed by atoms with Crippen molar-refractivity contribution in [2.45, 2.75) is 13.1 Å². The molecule has 2 N–H and O–H groups in total. The van der Waals surface area contributed by atoms with Gasteiger partial charge in [0.2, 0.25) is 0 Å². The molecule has 0 atom stereocenters.